The van der Waals surface area contributed by atoms with Gasteiger partial charge in [-0.2, -0.15) is 0 Å². The van der Waals surface area contributed by atoms with Gasteiger partial charge < -0.3 is 9.90 Å². The standard InChI is InChI=1S/C12H13NO2.K/c1-10(12(14)15)13-9-5-8-11-6-3-2-4-7-11;/h2-10H,1H3,(H,14,15);/q;+1/p-1/b8-5+,13-9?;. The molecule has 1 atom stereocenters. The van der Waals surface area contributed by atoms with Gasteiger partial charge in [-0.05, 0) is 18.6 Å². The van der Waals surface area contributed by atoms with Crippen molar-refractivity contribution in [2.24, 2.45) is 4.99 Å². The van der Waals surface area contributed by atoms with Crippen LogP contribution in [0.25, 0.3) is 6.08 Å². The summed E-state index contributed by atoms with van der Waals surface area (Å²) in [6.07, 6.45) is 5.02. The third-order valence-electron chi connectivity index (χ3n) is 1.83. The Balaban J connectivity index is 0.00000225. The molecule has 0 saturated carbocycles. The molecule has 1 rings (SSSR count). The molecule has 0 aromatic heterocycles. The number of carboxylic acid groups (broad SMARTS) is 1. The normalized spacial score (nSPS) is 12.6. The number of aliphatic imine (C=N–C) groups is 1. The van der Waals surface area contributed by atoms with Crippen molar-refractivity contribution in [3.63, 3.8) is 0 Å². The molecule has 0 saturated heterocycles. The summed E-state index contributed by atoms with van der Waals surface area (Å²) in [5.74, 6) is -1.17. The topological polar surface area (TPSA) is 52.5 Å². The fourth-order valence-corrected chi connectivity index (χ4v) is 0.958. The summed E-state index contributed by atoms with van der Waals surface area (Å²) in [4.78, 5) is 14.1. The number of allylic oxidation sites excluding steroid dienone is 1. The minimum atomic E-state index is -1.17. The van der Waals surface area contributed by atoms with E-state index in [0.717, 1.165) is 5.56 Å². The molecule has 3 nitrogen and oxygen atoms in total. The van der Waals surface area contributed by atoms with Crippen molar-refractivity contribution in [3.8, 4) is 0 Å². The van der Waals surface area contributed by atoms with Gasteiger partial charge in [0.05, 0.1) is 12.0 Å². The van der Waals surface area contributed by atoms with Crippen molar-refractivity contribution in [2.45, 2.75) is 13.0 Å². The minimum absolute atomic E-state index is 0. The molecule has 0 bridgehead atoms. The number of benzene rings is 1. The third-order valence-corrected chi connectivity index (χ3v) is 1.83. The van der Waals surface area contributed by atoms with Crippen LogP contribution in [0.3, 0.4) is 0 Å². The zero-order valence-electron chi connectivity index (χ0n) is 9.46. The molecule has 0 aliphatic heterocycles. The van der Waals surface area contributed by atoms with Gasteiger partial charge in [0, 0.05) is 6.21 Å². The smallest absolute Gasteiger partial charge is 0.548 e. The van der Waals surface area contributed by atoms with Crippen molar-refractivity contribution < 1.29 is 61.3 Å². The molecular weight excluding hydrogens is 229 g/mol. The minimum Gasteiger partial charge on any atom is -0.548 e. The maximum absolute atomic E-state index is 10.3. The van der Waals surface area contributed by atoms with E-state index in [1.54, 1.807) is 6.08 Å². The van der Waals surface area contributed by atoms with Gasteiger partial charge >= 0.3 is 51.4 Å². The Hall–Kier alpha value is -0.264. The van der Waals surface area contributed by atoms with E-state index >= 15 is 0 Å². The van der Waals surface area contributed by atoms with Gasteiger partial charge in [-0.3, -0.25) is 4.99 Å². The van der Waals surface area contributed by atoms with Crippen molar-refractivity contribution in [2.75, 3.05) is 0 Å². The molecule has 0 spiro atoms. The second kappa shape index (κ2) is 8.84. The van der Waals surface area contributed by atoms with Gasteiger partial charge in [0.25, 0.3) is 0 Å². The van der Waals surface area contributed by atoms with Crippen molar-refractivity contribution in [1.29, 1.82) is 0 Å². The second-order valence-corrected chi connectivity index (χ2v) is 3.06. The summed E-state index contributed by atoms with van der Waals surface area (Å²) < 4.78 is 0. The van der Waals surface area contributed by atoms with Crippen LogP contribution in [0.5, 0.6) is 0 Å². The van der Waals surface area contributed by atoms with E-state index < -0.39 is 12.0 Å². The third kappa shape index (κ3) is 6.35. The molecule has 1 aromatic carbocycles. The number of rotatable bonds is 4. The first-order valence-corrected chi connectivity index (χ1v) is 4.66. The van der Waals surface area contributed by atoms with Crippen molar-refractivity contribution in [3.05, 3.63) is 42.0 Å². The number of nitrogens with zero attached hydrogens (tertiary/aromatic N) is 1. The molecule has 0 N–H and O–H groups in total. The summed E-state index contributed by atoms with van der Waals surface area (Å²) in [7, 11) is 0. The summed E-state index contributed by atoms with van der Waals surface area (Å²) in [5.41, 5.74) is 1.05. The number of hydrogen-bond acceptors (Lipinski definition) is 3. The Bertz CT molecular complexity index is 374. The zero-order valence-corrected chi connectivity index (χ0v) is 12.6. The van der Waals surface area contributed by atoms with E-state index in [-0.39, 0.29) is 51.4 Å². The number of hydrogen-bond donors (Lipinski definition) is 0. The van der Waals surface area contributed by atoms with Gasteiger partial charge in [0.15, 0.2) is 0 Å². The van der Waals surface area contributed by atoms with E-state index in [1.807, 2.05) is 36.4 Å². The molecule has 0 aliphatic rings. The largest absolute Gasteiger partial charge is 1.00 e. The molecule has 0 amide bonds. The fraction of sp³-hybridized carbons (Fsp3) is 0.167. The molecule has 1 unspecified atom stereocenters. The summed E-state index contributed by atoms with van der Waals surface area (Å²) >= 11 is 0. The van der Waals surface area contributed by atoms with Crippen LogP contribution in [0.4, 0.5) is 0 Å². The molecule has 0 aliphatic carbocycles. The van der Waals surface area contributed by atoms with Gasteiger partial charge in [-0.15, -0.1) is 0 Å². The Morgan fingerprint density at radius 1 is 1.38 bits per heavy atom. The molecule has 1 aromatic rings. The number of carbonyl (C=O) groups is 1. The summed E-state index contributed by atoms with van der Waals surface area (Å²) in [6.45, 7) is 1.47. The van der Waals surface area contributed by atoms with Crippen molar-refractivity contribution >= 4 is 18.3 Å². The van der Waals surface area contributed by atoms with E-state index in [9.17, 15) is 9.90 Å². The molecule has 0 radical (unpaired) electrons. The predicted octanol–water partition coefficient (Wildman–Crippen LogP) is -2.09. The monoisotopic (exact) mass is 241 g/mol. The number of carbonyl (C=O) groups excluding carboxylic acids is 1. The van der Waals surface area contributed by atoms with Crippen LogP contribution in [-0.4, -0.2) is 18.2 Å². The number of aliphatic carboxylic acids is 1. The van der Waals surface area contributed by atoms with Crippen LogP contribution in [0, 0.1) is 0 Å². The second-order valence-electron chi connectivity index (χ2n) is 3.06. The van der Waals surface area contributed by atoms with E-state index in [0.29, 0.717) is 0 Å². The van der Waals surface area contributed by atoms with Crippen LogP contribution >= 0.6 is 0 Å². The first-order valence-electron chi connectivity index (χ1n) is 4.66. The van der Waals surface area contributed by atoms with Gasteiger partial charge in [0.1, 0.15) is 0 Å². The average Bonchev–Trinajstić information content (AvgIpc) is 2.25. The Morgan fingerprint density at radius 2 is 2.00 bits per heavy atom. The summed E-state index contributed by atoms with van der Waals surface area (Å²) in [5, 5.41) is 10.3. The fourth-order valence-electron chi connectivity index (χ4n) is 0.958. The Labute approximate surface area is 138 Å². The first kappa shape index (κ1) is 15.7. The molecule has 16 heavy (non-hydrogen) atoms. The molecule has 78 valence electrons. The van der Waals surface area contributed by atoms with Crippen molar-refractivity contribution in [1.82, 2.24) is 0 Å². The van der Waals surface area contributed by atoms with Gasteiger partial charge in [-0.25, -0.2) is 0 Å². The molecule has 0 fully saturated rings. The maximum Gasteiger partial charge on any atom is 1.00 e. The molecule has 0 heterocycles. The Morgan fingerprint density at radius 3 is 2.56 bits per heavy atom. The van der Waals surface area contributed by atoms with Crippen LogP contribution in [0.15, 0.2) is 41.4 Å². The van der Waals surface area contributed by atoms with E-state index in [1.165, 1.54) is 13.1 Å². The average molecular weight is 241 g/mol. The molecule has 4 heteroatoms. The van der Waals surface area contributed by atoms with Crippen LogP contribution < -0.4 is 56.5 Å². The van der Waals surface area contributed by atoms with Crippen LogP contribution in [0.1, 0.15) is 12.5 Å². The summed E-state index contributed by atoms with van der Waals surface area (Å²) in [6, 6.07) is 8.90. The molecular formula is C12H12KNO2. The first-order chi connectivity index (χ1) is 7.20. The van der Waals surface area contributed by atoms with E-state index in [2.05, 4.69) is 4.99 Å². The quantitative estimate of drug-likeness (QED) is 0.448. The van der Waals surface area contributed by atoms with E-state index in [4.69, 9.17) is 0 Å². The van der Waals surface area contributed by atoms with Gasteiger partial charge in [0.2, 0.25) is 0 Å². The predicted molar refractivity (Wildman–Crippen MR) is 58.4 cm³/mol. The van der Waals surface area contributed by atoms with Crippen LogP contribution in [0.2, 0.25) is 0 Å². The number of carboxylic acids is 1. The van der Waals surface area contributed by atoms with Crippen LogP contribution in [-0.2, 0) is 4.79 Å². The Kier molecular flexibility index (Phi) is 8.69. The SMILES string of the molecule is CC(N=C/C=C/c1ccccc1)C(=O)[O-].[K+]. The maximum atomic E-state index is 10.3. The zero-order chi connectivity index (χ0) is 11.1. The van der Waals surface area contributed by atoms with Gasteiger partial charge in [-0.1, -0.05) is 36.4 Å².